The first-order valence-electron chi connectivity index (χ1n) is 6.34. The van der Waals surface area contributed by atoms with Crippen molar-refractivity contribution in [1.29, 1.82) is 0 Å². The van der Waals surface area contributed by atoms with Gasteiger partial charge in [-0.3, -0.25) is 4.79 Å². The number of aliphatic carboxylic acids is 1. The lowest BCUT2D eigenvalue weighted by atomic mass is 10.1. The van der Waals surface area contributed by atoms with Crippen LogP contribution in [0, 0.1) is 12.7 Å². The normalized spacial score (nSPS) is 10.3. The maximum Gasteiger partial charge on any atom is 0.307 e. The van der Waals surface area contributed by atoms with E-state index in [9.17, 15) is 9.18 Å². The van der Waals surface area contributed by atoms with Crippen LogP contribution < -0.4 is 5.32 Å². The van der Waals surface area contributed by atoms with Crippen LogP contribution in [0.4, 0.5) is 10.1 Å². The average molecular weight is 273 g/mol. The lowest BCUT2D eigenvalue weighted by molar-refractivity contribution is -0.136. The summed E-state index contributed by atoms with van der Waals surface area (Å²) in [6, 6.07) is 12.0. The highest BCUT2D eigenvalue weighted by Crippen LogP contribution is 2.17. The Bertz CT molecular complexity index is 608. The summed E-state index contributed by atoms with van der Waals surface area (Å²) in [7, 11) is 0. The van der Waals surface area contributed by atoms with Gasteiger partial charge in [-0.2, -0.15) is 0 Å². The summed E-state index contributed by atoms with van der Waals surface area (Å²) in [4.78, 5) is 10.6. The SMILES string of the molecule is Cc1cc(F)ccc1NCc1ccc(CC(=O)O)cc1. The summed E-state index contributed by atoms with van der Waals surface area (Å²) >= 11 is 0. The Hall–Kier alpha value is -2.36. The lowest BCUT2D eigenvalue weighted by Crippen LogP contribution is -2.03. The molecule has 0 unspecified atom stereocenters. The molecule has 2 aromatic carbocycles. The topological polar surface area (TPSA) is 49.3 Å². The second kappa shape index (κ2) is 6.19. The smallest absolute Gasteiger partial charge is 0.307 e. The third-order valence-corrected chi connectivity index (χ3v) is 3.05. The number of hydrogen-bond acceptors (Lipinski definition) is 2. The molecule has 0 aliphatic heterocycles. The molecule has 20 heavy (non-hydrogen) atoms. The van der Waals surface area contributed by atoms with Crippen molar-refractivity contribution in [3.8, 4) is 0 Å². The van der Waals surface area contributed by atoms with Gasteiger partial charge in [-0.25, -0.2) is 4.39 Å². The van der Waals surface area contributed by atoms with Gasteiger partial charge in [0, 0.05) is 12.2 Å². The Morgan fingerprint density at radius 3 is 2.40 bits per heavy atom. The Morgan fingerprint density at radius 1 is 1.15 bits per heavy atom. The predicted octanol–water partition coefficient (Wildman–Crippen LogP) is 3.37. The molecule has 0 radical (unpaired) electrons. The van der Waals surface area contributed by atoms with E-state index in [1.54, 1.807) is 6.07 Å². The van der Waals surface area contributed by atoms with Crippen molar-refractivity contribution in [1.82, 2.24) is 0 Å². The second-order valence-electron chi connectivity index (χ2n) is 4.70. The first kappa shape index (κ1) is 14.1. The van der Waals surface area contributed by atoms with Crippen LogP contribution in [0.3, 0.4) is 0 Å². The van der Waals surface area contributed by atoms with Gasteiger partial charge in [0.05, 0.1) is 6.42 Å². The molecule has 3 nitrogen and oxygen atoms in total. The van der Waals surface area contributed by atoms with Crippen LogP contribution >= 0.6 is 0 Å². The van der Waals surface area contributed by atoms with E-state index < -0.39 is 5.97 Å². The summed E-state index contributed by atoms with van der Waals surface area (Å²) in [5, 5.41) is 11.9. The van der Waals surface area contributed by atoms with E-state index in [1.165, 1.54) is 12.1 Å². The lowest BCUT2D eigenvalue weighted by Gasteiger charge is -2.10. The fourth-order valence-corrected chi connectivity index (χ4v) is 1.97. The van der Waals surface area contributed by atoms with Crippen molar-refractivity contribution < 1.29 is 14.3 Å². The van der Waals surface area contributed by atoms with Gasteiger partial charge in [0.25, 0.3) is 0 Å². The van der Waals surface area contributed by atoms with Crippen LogP contribution in [0.5, 0.6) is 0 Å². The summed E-state index contributed by atoms with van der Waals surface area (Å²) in [6.45, 7) is 2.46. The Kier molecular flexibility index (Phi) is 4.35. The number of halogens is 1. The average Bonchev–Trinajstić information content (AvgIpc) is 2.39. The second-order valence-corrected chi connectivity index (χ2v) is 4.70. The zero-order valence-electron chi connectivity index (χ0n) is 11.2. The number of carboxylic acids is 1. The van der Waals surface area contributed by atoms with E-state index in [0.717, 1.165) is 22.4 Å². The molecule has 0 atom stereocenters. The zero-order valence-corrected chi connectivity index (χ0v) is 11.2. The Morgan fingerprint density at radius 2 is 1.80 bits per heavy atom. The van der Waals surface area contributed by atoms with Crippen molar-refractivity contribution in [3.63, 3.8) is 0 Å². The first-order chi connectivity index (χ1) is 9.54. The number of nitrogens with one attached hydrogen (secondary N) is 1. The number of carboxylic acid groups (broad SMARTS) is 1. The molecule has 2 rings (SSSR count). The van der Waals surface area contributed by atoms with Gasteiger partial charge in [-0.15, -0.1) is 0 Å². The number of hydrogen-bond donors (Lipinski definition) is 2. The van der Waals surface area contributed by atoms with E-state index >= 15 is 0 Å². The van der Waals surface area contributed by atoms with Crippen molar-refractivity contribution in [2.24, 2.45) is 0 Å². The molecule has 4 heteroatoms. The van der Waals surface area contributed by atoms with Gasteiger partial charge in [0.2, 0.25) is 0 Å². The number of anilines is 1. The third-order valence-electron chi connectivity index (χ3n) is 3.05. The maximum absolute atomic E-state index is 13.0. The number of benzene rings is 2. The highest BCUT2D eigenvalue weighted by Gasteiger charge is 2.02. The van der Waals surface area contributed by atoms with E-state index in [-0.39, 0.29) is 12.2 Å². The van der Waals surface area contributed by atoms with E-state index in [4.69, 9.17) is 5.11 Å². The van der Waals surface area contributed by atoms with Crippen LogP contribution in [0.15, 0.2) is 42.5 Å². The highest BCUT2D eigenvalue weighted by molar-refractivity contribution is 5.70. The molecule has 0 heterocycles. The molecular formula is C16H16FNO2. The third kappa shape index (κ3) is 3.82. The largest absolute Gasteiger partial charge is 0.481 e. The minimum atomic E-state index is -0.835. The van der Waals surface area contributed by atoms with Gasteiger partial charge >= 0.3 is 5.97 Å². The van der Waals surface area contributed by atoms with Crippen LogP contribution in [0.1, 0.15) is 16.7 Å². The quantitative estimate of drug-likeness (QED) is 0.878. The van der Waals surface area contributed by atoms with Gasteiger partial charge in [-0.05, 0) is 41.8 Å². The molecular weight excluding hydrogens is 257 g/mol. The van der Waals surface area contributed by atoms with E-state index in [0.29, 0.717) is 6.54 Å². The van der Waals surface area contributed by atoms with Gasteiger partial charge < -0.3 is 10.4 Å². The fraction of sp³-hybridized carbons (Fsp3) is 0.188. The maximum atomic E-state index is 13.0. The highest BCUT2D eigenvalue weighted by atomic mass is 19.1. The molecule has 0 aliphatic rings. The Balaban J connectivity index is 1.98. The van der Waals surface area contributed by atoms with Crippen LogP contribution in [-0.2, 0) is 17.8 Å². The molecule has 0 bridgehead atoms. The van der Waals surface area contributed by atoms with E-state index in [2.05, 4.69) is 5.32 Å². The molecule has 104 valence electrons. The van der Waals surface area contributed by atoms with Crippen molar-refractivity contribution in [3.05, 3.63) is 65.0 Å². The van der Waals surface area contributed by atoms with Gasteiger partial charge in [0.15, 0.2) is 0 Å². The first-order valence-corrected chi connectivity index (χ1v) is 6.34. The van der Waals surface area contributed by atoms with Crippen LogP contribution in [0.25, 0.3) is 0 Å². The molecule has 0 fully saturated rings. The molecule has 0 saturated carbocycles. The van der Waals surface area contributed by atoms with Crippen molar-refractivity contribution in [2.75, 3.05) is 5.32 Å². The summed E-state index contributed by atoms with van der Waals surface area (Å²) in [5.41, 5.74) is 3.57. The minimum absolute atomic E-state index is 0.0325. The Labute approximate surface area is 117 Å². The predicted molar refractivity (Wildman–Crippen MR) is 76.2 cm³/mol. The number of rotatable bonds is 5. The minimum Gasteiger partial charge on any atom is -0.481 e. The van der Waals surface area contributed by atoms with Crippen molar-refractivity contribution >= 4 is 11.7 Å². The monoisotopic (exact) mass is 273 g/mol. The van der Waals surface area contributed by atoms with Crippen LogP contribution in [0.2, 0.25) is 0 Å². The van der Waals surface area contributed by atoms with Crippen molar-refractivity contribution in [2.45, 2.75) is 19.9 Å². The van der Waals surface area contributed by atoms with E-state index in [1.807, 2.05) is 31.2 Å². The number of carbonyl (C=O) groups is 1. The van der Waals surface area contributed by atoms with Crippen LogP contribution in [-0.4, -0.2) is 11.1 Å². The molecule has 0 aliphatic carbocycles. The number of aryl methyl sites for hydroxylation is 1. The van der Waals surface area contributed by atoms with Gasteiger partial charge in [-0.1, -0.05) is 24.3 Å². The molecule has 2 N–H and O–H groups in total. The molecule has 0 saturated heterocycles. The summed E-state index contributed by atoms with van der Waals surface area (Å²) in [6.07, 6.45) is 0.0325. The molecule has 0 spiro atoms. The zero-order chi connectivity index (χ0) is 14.5. The standard InChI is InChI=1S/C16H16FNO2/c1-11-8-14(17)6-7-15(11)18-10-13-4-2-12(3-5-13)9-16(19)20/h2-8,18H,9-10H2,1H3,(H,19,20). The fourth-order valence-electron chi connectivity index (χ4n) is 1.97. The molecule has 2 aromatic rings. The summed E-state index contributed by atoms with van der Waals surface area (Å²) < 4.78 is 13.0. The summed E-state index contributed by atoms with van der Waals surface area (Å²) in [5.74, 6) is -1.08. The van der Waals surface area contributed by atoms with Gasteiger partial charge in [0.1, 0.15) is 5.82 Å². The molecule has 0 aromatic heterocycles. The molecule has 0 amide bonds.